The molecule has 2 unspecified atom stereocenters. The summed E-state index contributed by atoms with van der Waals surface area (Å²) in [5.41, 5.74) is 0. The van der Waals surface area contributed by atoms with E-state index in [0.717, 1.165) is 11.8 Å². The molecular formula is C5H5N. The Bertz CT molecular complexity index is 114. The highest BCUT2D eigenvalue weighted by Crippen LogP contribution is 2.67. The zero-order valence-corrected chi connectivity index (χ0v) is 3.39. The molecule has 2 rings (SSSR count). The minimum absolute atomic E-state index is 0.505. The van der Waals surface area contributed by atoms with Crippen molar-refractivity contribution < 1.29 is 0 Å². The van der Waals surface area contributed by atoms with Gasteiger partial charge in [-0.05, 0) is 18.3 Å². The molecule has 0 aliphatic heterocycles. The lowest BCUT2D eigenvalue weighted by Gasteiger charge is -1.79. The molecule has 0 saturated heterocycles. The van der Waals surface area contributed by atoms with Crippen LogP contribution in [0.2, 0.25) is 0 Å². The molecule has 0 N–H and O–H groups in total. The van der Waals surface area contributed by atoms with Gasteiger partial charge in [0.05, 0.1) is 12.0 Å². The summed E-state index contributed by atoms with van der Waals surface area (Å²) in [4.78, 5) is 0. The number of fused-ring (bicyclic) bond motifs is 1. The molecular weight excluding hydrogens is 74.1 g/mol. The topological polar surface area (TPSA) is 23.8 Å². The van der Waals surface area contributed by atoms with E-state index in [1.807, 2.05) is 0 Å². The SMILES string of the molecule is N#CC1C2CC12. The van der Waals surface area contributed by atoms with Crippen molar-refractivity contribution in [2.45, 2.75) is 6.42 Å². The summed E-state index contributed by atoms with van der Waals surface area (Å²) in [5, 5.41) is 8.16. The Labute approximate surface area is 36.6 Å². The maximum absolute atomic E-state index is 8.16. The molecule has 30 valence electrons. The summed E-state index contributed by atoms with van der Waals surface area (Å²) >= 11 is 0. The van der Waals surface area contributed by atoms with E-state index in [0.29, 0.717) is 5.92 Å². The minimum Gasteiger partial charge on any atom is -0.198 e. The molecule has 0 amide bonds. The van der Waals surface area contributed by atoms with Gasteiger partial charge in [0.1, 0.15) is 0 Å². The van der Waals surface area contributed by atoms with Gasteiger partial charge < -0.3 is 0 Å². The maximum atomic E-state index is 8.16. The molecule has 0 aromatic heterocycles. The monoisotopic (exact) mass is 79.0 g/mol. The molecule has 2 aliphatic rings. The predicted molar refractivity (Wildman–Crippen MR) is 20.7 cm³/mol. The summed E-state index contributed by atoms with van der Waals surface area (Å²) in [6, 6.07) is 2.24. The Hall–Kier alpha value is -0.510. The van der Waals surface area contributed by atoms with Crippen molar-refractivity contribution >= 4 is 0 Å². The Kier molecular flexibility index (Phi) is 0.218. The zero-order valence-electron chi connectivity index (χ0n) is 3.39. The van der Waals surface area contributed by atoms with Crippen molar-refractivity contribution in [2.75, 3.05) is 0 Å². The van der Waals surface area contributed by atoms with Crippen molar-refractivity contribution in [2.24, 2.45) is 17.8 Å². The molecule has 6 heavy (non-hydrogen) atoms. The van der Waals surface area contributed by atoms with Gasteiger partial charge in [0.2, 0.25) is 0 Å². The van der Waals surface area contributed by atoms with E-state index in [-0.39, 0.29) is 0 Å². The lowest BCUT2D eigenvalue weighted by molar-refractivity contribution is 0.762. The van der Waals surface area contributed by atoms with Gasteiger partial charge >= 0.3 is 0 Å². The van der Waals surface area contributed by atoms with Gasteiger partial charge in [-0.1, -0.05) is 0 Å². The third kappa shape index (κ3) is 0.119. The van der Waals surface area contributed by atoms with Gasteiger partial charge in [-0.3, -0.25) is 0 Å². The molecule has 0 aromatic carbocycles. The van der Waals surface area contributed by atoms with Crippen molar-refractivity contribution in [3.8, 4) is 6.07 Å². The Morgan fingerprint density at radius 3 is 2.17 bits per heavy atom. The highest BCUT2D eigenvalue weighted by atomic mass is 14.7. The van der Waals surface area contributed by atoms with Gasteiger partial charge in [-0.15, -0.1) is 0 Å². The number of hydrogen-bond acceptors (Lipinski definition) is 1. The maximum Gasteiger partial charge on any atom is 0.0661 e. The van der Waals surface area contributed by atoms with Gasteiger partial charge in [0.15, 0.2) is 0 Å². The van der Waals surface area contributed by atoms with E-state index in [1.165, 1.54) is 6.42 Å². The van der Waals surface area contributed by atoms with Crippen LogP contribution in [0.4, 0.5) is 0 Å². The number of hydrogen-bond donors (Lipinski definition) is 0. The van der Waals surface area contributed by atoms with Crippen molar-refractivity contribution in [3.63, 3.8) is 0 Å². The molecule has 1 nitrogen and oxygen atoms in total. The second kappa shape index (κ2) is 0.497. The highest BCUT2D eigenvalue weighted by Gasteiger charge is 2.64. The molecule has 0 spiro atoms. The van der Waals surface area contributed by atoms with Crippen molar-refractivity contribution in [3.05, 3.63) is 0 Å². The van der Waals surface area contributed by atoms with Crippen LogP contribution < -0.4 is 0 Å². The van der Waals surface area contributed by atoms with Crippen LogP contribution >= 0.6 is 0 Å². The third-order valence-electron chi connectivity index (χ3n) is 1.82. The molecule has 2 fully saturated rings. The molecule has 2 saturated carbocycles. The molecule has 2 atom stereocenters. The van der Waals surface area contributed by atoms with Crippen molar-refractivity contribution in [1.82, 2.24) is 0 Å². The predicted octanol–water partition coefficient (Wildman–Crippen LogP) is 0.776. The summed E-state index contributed by atoms with van der Waals surface area (Å²) in [6.07, 6.45) is 1.36. The number of nitrogens with zero attached hydrogens (tertiary/aromatic N) is 1. The standard InChI is InChI=1S/C5H5N/c6-2-5-3-1-4(3)5/h3-5H,1H2. The first-order valence-corrected chi connectivity index (χ1v) is 2.33. The average Bonchev–Trinajstić information content (AvgIpc) is 2.12. The molecule has 0 bridgehead atoms. The van der Waals surface area contributed by atoms with Crippen LogP contribution in [0.1, 0.15) is 6.42 Å². The smallest absolute Gasteiger partial charge is 0.0661 e. The van der Waals surface area contributed by atoms with Gasteiger partial charge in [0.25, 0.3) is 0 Å². The Morgan fingerprint density at radius 2 is 2.17 bits per heavy atom. The van der Waals surface area contributed by atoms with E-state index < -0.39 is 0 Å². The molecule has 2 aliphatic carbocycles. The van der Waals surface area contributed by atoms with Crippen LogP contribution in [0, 0.1) is 29.1 Å². The minimum atomic E-state index is 0.505. The molecule has 0 heterocycles. The second-order valence-corrected chi connectivity index (χ2v) is 2.22. The summed E-state index contributed by atoms with van der Waals surface area (Å²) in [6.45, 7) is 0. The van der Waals surface area contributed by atoms with E-state index >= 15 is 0 Å². The molecule has 1 heteroatoms. The summed E-state index contributed by atoms with van der Waals surface area (Å²) in [5.74, 6) is 2.25. The van der Waals surface area contributed by atoms with Crippen LogP contribution in [-0.2, 0) is 0 Å². The quantitative estimate of drug-likeness (QED) is 0.421. The molecule has 0 radical (unpaired) electrons. The van der Waals surface area contributed by atoms with E-state index in [4.69, 9.17) is 5.26 Å². The Balaban J connectivity index is 2.12. The van der Waals surface area contributed by atoms with Crippen LogP contribution in [0.25, 0.3) is 0 Å². The first-order chi connectivity index (χ1) is 2.93. The van der Waals surface area contributed by atoms with Gasteiger partial charge in [-0.25, -0.2) is 0 Å². The Morgan fingerprint density at radius 1 is 1.50 bits per heavy atom. The van der Waals surface area contributed by atoms with Crippen LogP contribution in [0.3, 0.4) is 0 Å². The number of rotatable bonds is 0. The van der Waals surface area contributed by atoms with E-state index in [2.05, 4.69) is 6.07 Å². The summed E-state index contributed by atoms with van der Waals surface area (Å²) < 4.78 is 0. The van der Waals surface area contributed by atoms with Crippen LogP contribution in [0.5, 0.6) is 0 Å². The lowest BCUT2D eigenvalue weighted by Crippen LogP contribution is -1.78. The van der Waals surface area contributed by atoms with E-state index in [1.54, 1.807) is 0 Å². The third-order valence-corrected chi connectivity index (χ3v) is 1.82. The van der Waals surface area contributed by atoms with Gasteiger partial charge in [-0.2, -0.15) is 5.26 Å². The van der Waals surface area contributed by atoms with Gasteiger partial charge in [0, 0.05) is 0 Å². The molecule has 0 aromatic rings. The lowest BCUT2D eigenvalue weighted by atomic mass is 10.2. The normalized spacial score (nSPS) is 58.8. The zero-order chi connectivity index (χ0) is 4.15. The second-order valence-electron chi connectivity index (χ2n) is 2.22. The first-order valence-electron chi connectivity index (χ1n) is 2.33. The van der Waals surface area contributed by atoms with E-state index in [9.17, 15) is 0 Å². The fourth-order valence-electron chi connectivity index (χ4n) is 0.970. The fraction of sp³-hybridized carbons (Fsp3) is 0.800. The average molecular weight is 79.1 g/mol. The largest absolute Gasteiger partial charge is 0.198 e. The summed E-state index contributed by atoms with van der Waals surface area (Å²) in [7, 11) is 0. The number of nitriles is 1. The van der Waals surface area contributed by atoms with Crippen molar-refractivity contribution in [1.29, 1.82) is 5.26 Å². The highest BCUT2D eigenvalue weighted by molar-refractivity contribution is 5.20. The van der Waals surface area contributed by atoms with Crippen LogP contribution in [0.15, 0.2) is 0 Å². The first kappa shape index (κ1) is 2.63. The fourth-order valence-corrected chi connectivity index (χ4v) is 0.970. The van der Waals surface area contributed by atoms with Crippen LogP contribution in [-0.4, -0.2) is 0 Å².